The smallest absolute Gasteiger partial charge is 0.191 e. The average molecular weight is 329 g/mol. The zero-order valence-corrected chi connectivity index (χ0v) is 15.1. The van der Waals surface area contributed by atoms with Crippen molar-refractivity contribution >= 4 is 5.96 Å². The van der Waals surface area contributed by atoms with Crippen LogP contribution in [-0.4, -0.2) is 37.5 Å². The average Bonchev–Trinajstić information content (AvgIpc) is 3.43. The number of nitrogens with one attached hydrogen (secondary N) is 2. The van der Waals surface area contributed by atoms with Gasteiger partial charge in [0, 0.05) is 26.7 Å². The minimum Gasteiger partial charge on any atom is -0.356 e. The Morgan fingerprint density at radius 1 is 1.08 bits per heavy atom. The van der Waals surface area contributed by atoms with E-state index in [9.17, 15) is 0 Å². The van der Waals surface area contributed by atoms with E-state index in [0.29, 0.717) is 0 Å². The quantitative estimate of drug-likeness (QED) is 0.622. The van der Waals surface area contributed by atoms with Gasteiger partial charge in [0.25, 0.3) is 0 Å². The van der Waals surface area contributed by atoms with Gasteiger partial charge < -0.3 is 10.6 Å². The second-order valence-corrected chi connectivity index (χ2v) is 7.26. The molecule has 0 spiro atoms. The molecule has 4 heteroatoms. The first kappa shape index (κ1) is 17.3. The topological polar surface area (TPSA) is 39.7 Å². The molecule has 0 aromatic heterocycles. The number of rotatable bonds is 6. The summed E-state index contributed by atoms with van der Waals surface area (Å²) in [6, 6.07) is 8.98. The largest absolute Gasteiger partial charge is 0.356 e. The van der Waals surface area contributed by atoms with Crippen LogP contribution in [0.3, 0.4) is 0 Å². The minimum absolute atomic E-state index is 0.832. The van der Waals surface area contributed by atoms with Gasteiger partial charge in [0.05, 0.1) is 0 Å². The summed E-state index contributed by atoms with van der Waals surface area (Å²) in [6.45, 7) is 5.47. The third-order valence-corrected chi connectivity index (χ3v) is 5.03. The van der Waals surface area contributed by atoms with Gasteiger partial charge in [-0.05, 0) is 55.8 Å². The number of nitrogens with zero attached hydrogens (tertiary/aromatic N) is 2. The highest BCUT2D eigenvalue weighted by atomic mass is 15.2. The molecular formula is C20H32N4. The van der Waals surface area contributed by atoms with Crippen LogP contribution in [0.2, 0.25) is 0 Å². The van der Waals surface area contributed by atoms with Crippen LogP contribution in [0.1, 0.15) is 49.7 Å². The second kappa shape index (κ2) is 9.07. The summed E-state index contributed by atoms with van der Waals surface area (Å²) in [5, 5.41) is 6.85. The third kappa shape index (κ3) is 5.82. The van der Waals surface area contributed by atoms with Crippen molar-refractivity contribution in [1.82, 2.24) is 15.5 Å². The van der Waals surface area contributed by atoms with E-state index in [1.54, 1.807) is 0 Å². The predicted octanol–water partition coefficient (Wildman–Crippen LogP) is 3.14. The molecule has 132 valence electrons. The summed E-state index contributed by atoms with van der Waals surface area (Å²) >= 11 is 0. The fraction of sp³-hybridized carbons (Fsp3) is 0.650. The van der Waals surface area contributed by atoms with E-state index in [1.807, 2.05) is 7.05 Å². The maximum Gasteiger partial charge on any atom is 0.191 e. The van der Waals surface area contributed by atoms with E-state index in [4.69, 9.17) is 0 Å². The van der Waals surface area contributed by atoms with Crippen LogP contribution >= 0.6 is 0 Å². The van der Waals surface area contributed by atoms with Crippen molar-refractivity contribution in [2.45, 2.75) is 51.6 Å². The molecule has 4 nitrogen and oxygen atoms in total. The summed E-state index contributed by atoms with van der Waals surface area (Å²) in [7, 11) is 1.85. The van der Waals surface area contributed by atoms with Crippen molar-refractivity contribution in [3.63, 3.8) is 0 Å². The number of guanidine groups is 1. The Morgan fingerprint density at radius 3 is 2.54 bits per heavy atom. The summed E-state index contributed by atoms with van der Waals surface area (Å²) in [6.07, 6.45) is 8.22. The van der Waals surface area contributed by atoms with Crippen molar-refractivity contribution in [2.24, 2.45) is 10.9 Å². The lowest BCUT2D eigenvalue weighted by atomic mass is 10.1. The van der Waals surface area contributed by atoms with Crippen LogP contribution in [0.15, 0.2) is 29.3 Å². The van der Waals surface area contributed by atoms with Gasteiger partial charge in [-0.2, -0.15) is 0 Å². The molecule has 2 N–H and O–H groups in total. The van der Waals surface area contributed by atoms with E-state index in [2.05, 4.69) is 44.8 Å². The van der Waals surface area contributed by atoms with E-state index < -0.39 is 0 Å². The molecule has 1 saturated heterocycles. The number of likely N-dealkylation sites (tertiary alicyclic amines) is 1. The Hall–Kier alpha value is -1.55. The Labute approximate surface area is 146 Å². The van der Waals surface area contributed by atoms with Crippen molar-refractivity contribution in [1.29, 1.82) is 0 Å². The fourth-order valence-corrected chi connectivity index (χ4v) is 3.36. The van der Waals surface area contributed by atoms with E-state index in [1.165, 1.54) is 62.7 Å². The molecule has 2 aliphatic rings. The molecule has 0 radical (unpaired) electrons. The zero-order valence-electron chi connectivity index (χ0n) is 15.1. The van der Waals surface area contributed by atoms with Crippen molar-refractivity contribution in [3.05, 3.63) is 35.4 Å². The summed E-state index contributed by atoms with van der Waals surface area (Å²) in [5.74, 6) is 1.78. The minimum atomic E-state index is 0.832. The molecule has 1 aromatic carbocycles. The molecule has 24 heavy (non-hydrogen) atoms. The molecule has 3 rings (SSSR count). The van der Waals surface area contributed by atoms with Gasteiger partial charge in [-0.3, -0.25) is 9.89 Å². The number of hydrogen-bond donors (Lipinski definition) is 2. The highest BCUT2D eigenvalue weighted by molar-refractivity contribution is 5.79. The van der Waals surface area contributed by atoms with Crippen LogP contribution in [0.5, 0.6) is 0 Å². The van der Waals surface area contributed by atoms with Crippen LogP contribution in [-0.2, 0) is 13.1 Å². The summed E-state index contributed by atoms with van der Waals surface area (Å²) in [4.78, 5) is 6.92. The first-order valence-electron chi connectivity index (χ1n) is 9.58. The van der Waals surface area contributed by atoms with Gasteiger partial charge in [0.1, 0.15) is 0 Å². The van der Waals surface area contributed by atoms with Gasteiger partial charge in [-0.15, -0.1) is 0 Å². The first-order chi connectivity index (χ1) is 11.8. The second-order valence-electron chi connectivity index (χ2n) is 7.26. The molecule has 0 bridgehead atoms. The highest BCUT2D eigenvalue weighted by Gasteiger charge is 2.21. The molecule has 1 aliphatic heterocycles. The van der Waals surface area contributed by atoms with E-state index in [0.717, 1.165) is 31.5 Å². The number of aliphatic imine (C=N–C) groups is 1. The monoisotopic (exact) mass is 328 g/mol. The molecule has 1 aliphatic carbocycles. The predicted molar refractivity (Wildman–Crippen MR) is 101 cm³/mol. The van der Waals surface area contributed by atoms with Crippen LogP contribution < -0.4 is 10.6 Å². The standard InChI is InChI=1S/C20H32N4/c1-21-20(22-14-17-9-10-17)23-15-18-7-6-8-19(13-18)16-24-11-4-2-3-5-12-24/h6-8,13,17H,2-5,9-12,14-16H2,1H3,(H2,21,22,23). The maximum absolute atomic E-state index is 4.32. The molecule has 2 fully saturated rings. The molecule has 1 aromatic rings. The highest BCUT2D eigenvalue weighted by Crippen LogP contribution is 2.27. The van der Waals surface area contributed by atoms with Gasteiger partial charge >= 0.3 is 0 Å². The Bertz CT molecular complexity index is 528. The zero-order chi connectivity index (χ0) is 16.6. The molecule has 0 amide bonds. The molecular weight excluding hydrogens is 296 g/mol. The first-order valence-corrected chi connectivity index (χ1v) is 9.58. The Morgan fingerprint density at radius 2 is 1.83 bits per heavy atom. The fourth-order valence-electron chi connectivity index (χ4n) is 3.36. The number of benzene rings is 1. The Kier molecular flexibility index (Phi) is 6.53. The molecule has 1 heterocycles. The molecule has 1 saturated carbocycles. The lowest BCUT2D eigenvalue weighted by Gasteiger charge is -2.20. The summed E-state index contributed by atoms with van der Waals surface area (Å²) in [5.41, 5.74) is 2.76. The van der Waals surface area contributed by atoms with Gasteiger partial charge in [0.15, 0.2) is 5.96 Å². The normalized spacial score (nSPS) is 19.8. The molecule has 0 unspecified atom stereocenters. The van der Waals surface area contributed by atoms with Crippen molar-refractivity contribution < 1.29 is 0 Å². The number of hydrogen-bond acceptors (Lipinski definition) is 2. The SMILES string of the molecule is CN=C(NCc1cccc(CN2CCCCCC2)c1)NCC1CC1. The van der Waals surface area contributed by atoms with Gasteiger partial charge in [0.2, 0.25) is 0 Å². The van der Waals surface area contributed by atoms with Gasteiger partial charge in [-0.1, -0.05) is 37.1 Å². The summed E-state index contributed by atoms with van der Waals surface area (Å²) < 4.78 is 0. The van der Waals surface area contributed by atoms with Gasteiger partial charge in [-0.25, -0.2) is 0 Å². The van der Waals surface area contributed by atoms with Crippen LogP contribution in [0.25, 0.3) is 0 Å². The van der Waals surface area contributed by atoms with Crippen LogP contribution in [0, 0.1) is 5.92 Å². The third-order valence-electron chi connectivity index (χ3n) is 5.03. The maximum atomic E-state index is 4.32. The van der Waals surface area contributed by atoms with Crippen LogP contribution in [0.4, 0.5) is 0 Å². The van der Waals surface area contributed by atoms with Crippen molar-refractivity contribution in [2.75, 3.05) is 26.7 Å². The lowest BCUT2D eigenvalue weighted by molar-refractivity contribution is 0.277. The Balaban J connectivity index is 1.48. The lowest BCUT2D eigenvalue weighted by Crippen LogP contribution is -2.37. The van der Waals surface area contributed by atoms with E-state index >= 15 is 0 Å². The molecule has 0 atom stereocenters. The van der Waals surface area contributed by atoms with E-state index in [-0.39, 0.29) is 0 Å². The van der Waals surface area contributed by atoms with Crippen molar-refractivity contribution in [3.8, 4) is 0 Å².